The van der Waals surface area contributed by atoms with Crippen molar-refractivity contribution >= 4 is 34.8 Å². The molecule has 1 atom stereocenters. The number of hydrogen-bond donors (Lipinski definition) is 1. The fourth-order valence-electron chi connectivity index (χ4n) is 0.978. The van der Waals surface area contributed by atoms with Crippen LogP contribution in [0, 0.1) is 17.6 Å². The molecule has 0 aliphatic carbocycles. The van der Waals surface area contributed by atoms with Crippen molar-refractivity contribution in [3.8, 4) is 0 Å². The predicted octanol–water partition coefficient (Wildman–Crippen LogP) is 3.43. The van der Waals surface area contributed by atoms with E-state index < -0.39 is 23.5 Å². The fraction of sp³-hybridized carbons (Fsp3) is 0.300. The molecule has 0 saturated carbocycles. The number of alkyl halides is 1. The van der Waals surface area contributed by atoms with Gasteiger partial charge in [0.05, 0.1) is 10.7 Å². The second kappa shape index (κ2) is 5.46. The van der Waals surface area contributed by atoms with E-state index in [1.165, 1.54) is 0 Å². The first-order chi connectivity index (χ1) is 7.45. The van der Waals surface area contributed by atoms with Crippen LogP contribution in [0.4, 0.5) is 14.5 Å². The van der Waals surface area contributed by atoms with Gasteiger partial charge in [0.15, 0.2) is 5.82 Å². The van der Waals surface area contributed by atoms with E-state index in [9.17, 15) is 13.6 Å². The summed E-state index contributed by atoms with van der Waals surface area (Å²) in [5, 5.41) is 2.07. The van der Waals surface area contributed by atoms with E-state index in [-0.39, 0.29) is 16.6 Å². The molecule has 6 heteroatoms. The summed E-state index contributed by atoms with van der Waals surface area (Å²) in [7, 11) is 0. The Kier molecular flexibility index (Phi) is 4.50. The molecule has 0 radical (unpaired) electrons. The lowest BCUT2D eigenvalue weighted by molar-refractivity contribution is -0.118. The van der Waals surface area contributed by atoms with Crippen LogP contribution >= 0.6 is 23.2 Å². The standard InChI is InChI=1S/C10H9Cl2F2NO/c1-5(4-11)10(16)15-9-7(12)2-6(13)3-8(9)14/h2-3,5H,4H2,1H3,(H,15,16). The molecule has 1 unspecified atom stereocenters. The molecule has 1 N–H and O–H groups in total. The van der Waals surface area contributed by atoms with Crippen LogP contribution in [0.25, 0.3) is 0 Å². The van der Waals surface area contributed by atoms with Crippen LogP contribution in [-0.2, 0) is 4.79 Å². The van der Waals surface area contributed by atoms with Gasteiger partial charge in [0.1, 0.15) is 5.82 Å². The third-order valence-electron chi connectivity index (χ3n) is 1.93. The molecule has 0 aliphatic heterocycles. The number of hydrogen-bond acceptors (Lipinski definition) is 1. The van der Waals surface area contributed by atoms with Gasteiger partial charge < -0.3 is 5.32 Å². The summed E-state index contributed by atoms with van der Waals surface area (Å²) in [5.41, 5.74) is -0.231. The average molecular weight is 268 g/mol. The molecule has 0 aliphatic rings. The van der Waals surface area contributed by atoms with E-state index in [1.807, 2.05) is 0 Å². The minimum atomic E-state index is -0.917. The quantitative estimate of drug-likeness (QED) is 0.836. The molecule has 0 heterocycles. The summed E-state index contributed by atoms with van der Waals surface area (Å²) in [6.45, 7) is 1.58. The Balaban J connectivity index is 2.93. The monoisotopic (exact) mass is 267 g/mol. The maximum atomic E-state index is 13.3. The summed E-state index contributed by atoms with van der Waals surface area (Å²) < 4.78 is 26.0. The minimum absolute atomic E-state index is 0.103. The lowest BCUT2D eigenvalue weighted by atomic mass is 10.2. The van der Waals surface area contributed by atoms with Gasteiger partial charge in [-0.1, -0.05) is 18.5 Å². The molecule has 0 saturated heterocycles. The number of amides is 1. The number of halogens is 4. The molecule has 88 valence electrons. The Morgan fingerprint density at radius 3 is 2.62 bits per heavy atom. The van der Waals surface area contributed by atoms with Crippen molar-refractivity contribution in [2.75, 3.05) is 11.2 Å². The highest BCUT2D eigenvalue weighted by molar-refractivity contribution is 6.33. The summed E-state index contributed by atoms with van der Waals surface area (Å²) >= 11 is 11.1. The highest BCUT2D eigenvalue weighted by Gasteiger charge is 2.16. The smallest absolute Gasteiger partial charge is 0.228 e. The first-order valence-corrected chi connectivity index (χ1v) is 5.38. The maximum absolute atomic E-state index is 13.3. The number of carbonyl (C=O) groups is 1. The lowest BCUT2D eigenvalue weighted by Crippen LogP contribution is -2.22. The Hall–Kier alpha value is -0.870. The Morgan fingerprint density at radius 1 is 1.50 bits per heavy atom. The largest absolute Gasteiger partial charge is 0.322 e. The van der Waals surface area contributed by atoms with Gasteiger partial charge in [0.2, 0.25) is 5.91 Å². The summed E-state index contributed by atoms with van der Waals surface area (Å²) in [4.78, 5) is 11.4. The Morgan fingerprint density at radius 2 is 2.12 bits per heavy atom. The van der Waals surface area contributed by atoms with Crippen molar-refractivity contribution in [3.05, 3.63) is 28.8 Å². The van der Waals surface area contributed by atoms with Crippen LogP contribution in [-0.4, -0.2) is 11.8 Å². The number of benzene rings is 1. The van der Waals surface area contributed by atoms with Crippen molar-refractivity contribution in [2.45, 2.75) is 6.92 Å². The molecular formula is C10H9Cl2F2NO. The normalized spacial score (nSPS) is 12.3. The second-order valence-corrected chi connectivity index (χ2v) is 4.00. The Bertz CT molecular complexity index is 389. The van der Waals surface area contributed by atoms with Crippen LogP contribution in [0.5, 0.6) is 0 Å². The van der Waals surface area contributed by atoms with Crippen LogP contribution < -0.4 is 5.32 Å². The van der Waals surface area contributed by atoms with Gasteiger partial charge in [-0.2, -0.15) is 0 Å². The molecular weight excluding hydrogens is 259 g/mol. The van der Waals surface area contributed by atoms with Crippen LogP contribution in [0.15, 0.2) is 12.1 Å². The molecule has 1 aromatic rings. The predicted molar refractivity (Wildman–Crippen MR) is 59.9 cm³/mol. The van der Waals surface area contributed by atoms with Gasteiger partial charge in [-0.05, 0) is 6.07 Å². The van der Waals surface area contributed by atoms with Gasteiger partial charge >= 0.3 is 0 Å². The number of rotatable bonds is 3. The van der Waals surface area contributed by atoms with Gasteiger partial charge in [0.25, 0.3) is 0 Å². The van der Waals surface area contributed by atoms with Gasteiger partial charge in [-0.25, -0.2) is 8.78 Å². The van der Waals surface area contributed by atoms with E-state index in [2.05, 4.69) is 5.32 Å². The number of nitrogens with one attached hydrogen (secondary N) is 1. The van der Waals surface area contributed by atoms with E-state index in [0.717, 1.165) is 6.07 Å². The van der Waals surface area contributed by atoms with Crippen LogP contribution in [0.1, 0.15) is 6.92 Å². The maximum Gasteiger partial charge on any atom is 0.228 e. The van der Waals surface area contributed by atoms with Crippen molar-refractivity contribution in [1.29, 1.82) is 0 Å². The molecule has 0 aromatic heterocycles. The third kappa shape index (κ3) is 3.06. The molecule has 1 rings (SSSR count). The minimum Gasteiger partial charge on any atom is -0.322 e. The second-order valence-electron chi connectivity index (χ2n) is 3.29. The summed E-state index contributed by atoms with van der Waals surface area (Å²) in [5.74, 6) is -2.57. The molecule has 0 fully saturated rings. The Labute approximate surface area is 102 Å². The zero-order valence-electron chi connectivity index (χ0n) is 8.36. The number of carbonyl (C=O) groups excluding carboxylic acids is 1. The molecule has 0 spiro atoms. The molecule has 1 amide bonds. The van der Waals surface area contributed by atoms with E-state index in [4.69, 9.17) is 23.2 Å². The zero-order chi connectivity index (χ0) is 12.3. The lowest BCUT2D eigenvalue weighted by Gasteiger charge is -2.11. The van der Waals surface area contributed by atoms with Crippen LogP contribution in [0.2, 0.25) is 5.02 Å². The first kappa shape index (κ1) is 13.2. The highest BCUT2D eigenvalue weighted by Crippen LogP contribution is 2.26. The average Bonchev–Trinajstić information content (AvgIpc) is 2.21. The zero-order valence-corrected chi connectivity index (χ0v) is 9.87. The number of anilines is 1. The fourth-order valence-corrected chi connectivity index (χ4v) is 1.36. The van der Waals surface area contributed by atoms with E-state index in [1.54, 1.807) is 6.92 Å². The van der Waals surface area contributed by atoms with Crippen LogP contribution in [0.3, 0.4) is 0 Å². The van der Waals surface area contributed by atoms with Gasteiger partial charge in [0, 0.05) is 17.9 Å². The highest BCUT2D eigenvalue weighted by atomic mass is 35.5. The molecule has 2 nitrogen and oxygen atoms in total. The van der Waals surface area contributed by atoms with Gasteiger partial charge in [-0.15, -0.1) is 11.6 Å². The summed E-state index contributed by atoms with van der Waals surface area (Å²) in [6, 6.07) is 1.57. The van der Waals surface area contributed by atoms with Crippen molar-refractivity contribution in [2.24, 2.45) is 5.92 Å². The third-order valence-corrected chi connectivity index (χ3v) is 2.70. The van der Waals surface area contributed by atoms with Crippen molar-refractivity contribution < 1.29 is 13.6 Å². The topological polar surface area (TPSA) is 29.1 Å². The van der Waals surface area contributed by atoms with Crippen molar-refractivity contribution in [3.63, 3.8) is 0 Å². The first-order valence-electron chi connectivity index (χ1n) is 4.47. The summed E-state index contributed by atoms with van der Waals surface area (Å²) in [6.07, 6.45) is 0. The van der Waals surface area contributed by atoms with Gasteiger partial charge in [-0.3, -0.25) is 4.79 Å². The SMILES string of the molecule is CC(CCl)C(=O)Nc1c(F)cc(F)cc1Cl. The molecule has 0 bridgehead atoms. The van der Waals surface area contributed by atoms with E-state index >= 15 is 0 Å². The van der Waals surface area contributed by atoms with Crippen molar-refractivity contribution in [1.82, 2.24) is 0 Å². The van der Waals surface area contributed by atoms with E-state index in [0.29, 0.717) is 6.07 Å². The molecule has 16 heavy (non-hydrogen) atoms. The molecule has 1 aromatic carbocycles.